The normalized spacial score (nSPS) is 11.4. The number of aryl methyl sites for hydroxylation is 2. The Bertz CT molecular complexity index is 9200. The zero-order chi connectivity index (χ0) is 99.5. The molecule has 146 heavy (non-hydrogen) atoms. The van der Waals surface area contributed by atoms with Crippen molar-refractivity contribution >= 4 is 77.6 Å². The van der Waals surface area contributed by atoms with E-state index in [0.29, 0.717) is 50.5 Å². The molecular weight excluding hydrogens is 1820 g/mol. The van der Waals surface area contributed by atoms with E-state index in [9.17, 15) is 26.3 Å². The van der Waals surface area contributed by atoms with Gasteiger partial charge in [0.05, 0.1) is 159 Å². The highest BCUT2D eigenvalue weighted by molar-refractivity contribution is 5.98. The summed E-state index contributed by atoms with van der Waals surface area (Å²) in [6.45, 7) is 18.9. The second kappa shape index (κ2) is 39.3. The summed E-state index contributed by atoms with van der Waals surface area (Å²) in [4.78, 5) is 67.7. The molecule has 6 aromatic heterocycles. The summed E-state index contributed by atoms with van der Waals surface area (Å²) >= 11 is 0. The predicted octanol–water partition coefficient (Wildman–Crippen LogP) is 33.5. The third-order valence-electron chi connectivity index (χ3n) is 25.4. The number of alkyl halides is 6. The second-order valence-corrected chi connectivity index (χ2v) is 35.1. The maximum absolute atomic E-state index is 13.8. The third kappa shape index (κ3) is 19.2. The molecule has 0 aliphatic heterocycles. The van der Waals surface area contributed by atoms with Crippen molar-refractivity contribution in [2.45, 2.75) is 26.2 Å². The van der Waals surface area contributed by atoms with Gasteiger partial charge in [0.25, 0.3) is 0 Å². The van der Waals surface area contributed by atoms with E-state index in [1.54, 1.807) is 36.4 Å². The van der Waals surface area contributed by atoms with Crippen molar-refractivity contribution in [3.63, 3.8) is 0 Å². The van der Waals surface area contributed by atoms with Crippen molar-refractivity contribution in [2.75, 3.05) is 0 Å². The largest absolute Gasteiger partial charge is 0.416 e. The highest BCUT2D eigenvalue weighted by Crippen LogP contribution is 2.45. The van der Waals surface area contributed by atoms with Crippen molar-refractivity contribution in [3.05, 3.63) is 482 Å². The number of nitrogens with zero attached hydrogens (tertiary/aromatic N) is 14. The predicted molar refractivity (Wildman–Crippen MR) is 571 cm³/mol. The lowest BCUT2D eigenvalue weighted by Crippen LogP contribution is -2.06. The molecule has 0 aliphatic rings. The molecule has 0 saturated carbocycles. The van der Waals surface area contributed by atoms with E-state index in [0.717, 1.165) is 197 Å². The fraction of sp³-hybridized carbons (Fsp3) is 0.0317. The molecule has 0 amide bonds. The van der Waals surface area contributed by atoms with Crippen LogP contribution in [0, 0.1) is 27.0 Å². The molecule has 0 bridgehead atoms. The minimum atomic E-state index is -4.65. The molecule has 6 heterocycles. The van der Waals surface area contributed by atoms with E-state index in [4.69, 9.17) is 68.0 Å². The standard InChI is InChI=1S/C42H24F6N4.C42H24N6.C42H30N4/c43-41(44,45)31-15-7-13-29(21-31)39-40(30-14-8-16-32(22-30)42(46,47)48)52-36-24-28(18-20-34(36)50-39)27-17-19-33-35(23-27)51-38(26-11-5-2-6-12-26)37(49-33)25-9-3-1-4-10-25;1-43-33-19-13-29(14-20-33)41-42(30-15-21-34(44-2)22-16-30)48-38-26-32(18-24-36(38)46-41)31-17-23-35-37(25-31)47-40(28-11-7-4-8-12-28)39(45-35)27-9-5-3-6-10-27;1-27-13-17-31(18-14-27)41-42(32-19-15-28(2)16-20-32)46-38-26-34(22-24-36(38)44-41)33-21-23-35-37(25-33)45-40(30-11-7-4-8-12-30)39(43-35)29-9-5-3-6-10-29/h1-24H;3-26H;3-26H,1-2H3. The van der Waals surface area contributed by atoms with Crippen molar-refractivity contribution in [1.82, 2.24) is 59.8 Å². The Morgan fingerprint density at radius 1 is 0.158 bits per heavy atom. The summed E-state index contributed by atoms with van der Waals surface area (Å²) in [5, 5.41) is 0. The molecule has 0 saturated heterocycles. The molecule has 0 atom stereocenters. The first kappa shape index (κ1) is 91.6. The number of rotatable bonds is 15. The lowest BCUT2D eigenvalue weighted by Gasteiger charge is -2.15. The third-order valence-corrected chi connectivity index (χ3v) is 25.4. The van der Waals surface area contributed by atoms with Gasteiger partial charge in [0.1, 0.15) is 0 Å². The van der Waals surface area contributed by atoms with Gasteiger partial charge in [-0.2, -0.15) is 26.3 Å². The minimum Gasteiger partial charge on any atom is -0.244 e. The molecule has 0 unspecified atom stereocenters. The maximum atomic E-state index is 13.8. The van der Waals surface area contributed by atoms with E-state index in [2.05, 4.69) is 186 Å². The zero-order valence-corrected chi connectivity index (χ0v) is 78.1. The Kier molecular flexibility index (Phi) is 24.7. The molecule has 0 aliphatic carbocycles. The summed E-state index contributed by atoms with van der Waals surface area (Å²) in [7, 11) is 0. The van der Waals surface area contributed by atoms with Gasteiger partial charge in [-0.15, -0.1) is 0 Å². The average molecular weight is 1900 g/mol. The highest BCUT2D eigenvalue weighted by Gasteiger charge is 2.34. The van der Waals surface area contributed by atoms with E-state index < -0.39 is 23.5 Å². The molecule has 18 aromatic carbocycles. The van der Waals surface area contributed by atoms with Crippen LogP contribution in [0.2, 0.25) is 0 Å². The molecule has 24 rings (SSSR count). The van der Waals surface area contributed by atoms with Gasteiger partial charge >= 0.3 is 12.4 Å². The van der Waals surface area contributed by atoms with Crippen LogP contribution in [-0.2, 0) is 12.4 Å². The van der Waals surface area contributed by atoms with Gasteiger partial charge in [0.2, 0.25) is 0 Å². The van der Waals surface area contributed by atoms with Gasteiger partial charge in [0.15, 0.2) is 11.4 Å². The van der Waals surface area contributed by atoms with Crippen LogP contribution in [0.4, 0.5) is 37.7 Å². The Hall–Kier alpha value is -19.4. The number of hydrogen-bond acceptors (Lipinski definition) is 12. The minimum absolute atomic E-state index is 0.0143. The van der Waals surface area contributed by atoms with Crippen molar-refractivity contribution in [1.29, 1.82) is 0 Å². The summed E-state index contributed by atoms with van der Waals surface area (Å²) in [5.74, 6) is 0. The molecule has 14 nitrogen and oxygen atoms in total. The van der Waals surface area contributed by atoms with E-state index in [1.165, 1.54) is 35.4 Å². The summed E-state index contributed by atoms with van der Waals surface area (Å²) in [5.41, 5.74) is 33.8. The van der Waals surface area contributed by atoms with Crippen LogP contribution in [-0.4, -0.2) is 59.8 Å². The summed E-state index contributed by atoms with van der Waals surface area (Å²) in [6.07, 6.45) is -9.29. The van der Waals surface area contributed by atoms with E-state index in [1.807, 2.05) is 194 Å². The fourth-order valence-corrected chi connectivity index (χ4v) is 17.9. The van der Waals surface area contributed by atoms with Gasteiger partial charge < -0.3 is 0 Å². The monoisotopic (exact) mass is 1900 g/mol. The van der Waals surface area contributed by atoms with Crippen LogP contribution in [0.25, 0.3) is 244 Å². The maximum Gasteiger partial charge on any atom is 0.416 e. The van der Waals surface area contributed by atoms with Crippen molar-refractivity contribution < 1.29 is 26.3 Å². The van der Waals surface area contributed by atoms with Crippen LogP contribution in [0.15, 0.2) is 437 Å². The number of aromatic nitrogens is 12. The first-order chi connectivity index (χ1) is 71.3. The van der Waals surface area contributed by atoms with Crippen molar-refractivity contribution in [2.24, 2.45) is 0 Å². The van der Waals surface area contributed by atoms with Crippen LogP contribution in [0.1, 0.15) is 22.3 Å². The average Bonchev–Trinajstić information content (AvgIpc) is 0.761. The topological polar surface area (TPSA) is 163 Å². The van der Waals surface area contributed by atoms with Crippen LogP contribution >= 0.6 is 0 Å². The first-order valence-electron chi connectivity index (χ1n) is 47.0. The lowest BCUT2D eigenvalue weighted by molar-refractivity contribution is -0.138. The van der Waals surface area contributed by atoms with Crippen LogP contribution < -0.4 is 0 Å². The molecule has 0 radical (unpaired) electrons. The molecule has 20 heteroatoms. The fourth-order valence-electron chi connectivity index (χ4n) is 17.9. The zero-order valence-electron chi connectivity index (χ0n) is 78.1. The smallest absolute Gasteiger partial charge is 0.244 e. The second-order valence-electron chi connectivity index (χ2n) is 35.1. The van der Waals surface area contributed by atoms with E-state index >= 15 is 0 Å². The molecule has 694 valence electrons. The van der Waals surface area contributed by atoms with Crippen molar-refractivity contribution in [3.8, 4) is 168 Å². The Balaban J connectivity index is 0.000000125. The van der Waals surface area contributed by atoms with Gasteiger partial charge in [-0.05, 0) is 155 Å². The van der Waals surface area contributed by atoms with Gasteiger partial charge in [-0.3, -0.25) is 0 Å². The Labute approximate surface area is 835 Å². The molecule has 0 spiro atoms. The first-order valence-corrected chi connectivity index (χ1v) is 47.0. The number of fused-ring (bicyclic) bond motifs is 6. The Morgan fingerprint density at radius 3 is 0.500 bits per heavy atom. The van der Waals surface area contributed by atoms with Gasteiger partial charge in [0, 0.05) is 55.6 Å². The van der Waals surface area contributed by atoms with Crippen LogP contribution in [0.5, 0.6) is 0 Å². The number of benzene rings is 18. The number of hydrogen-bond donors (Lipinski definition) is 0. The van der Waals surface area contributed by atoms with Crippen LogP contribution in [0.3, 0.4) is 0 Å². The molecular formula is C126H78F6N14. The summed E-state index contributed by atoms with van der Waals surface area (Å²) < 4.78 is 82.3. The Morgan fingerprint density at radius 2 is 0.315 bits per heavy atom. The van der Waals surface area contributed by atoms with E-state index in [-0.39, 0.29) is 22.5 Å². The lowest BCUT2D eigenvalue weighted by atomic mass is 9.99. The molecule has 0 fully saturated rings. The quantitative estimate of drug-likeness (QED) is 0.0706. The SMILES string of the molecule is Cc1ccc(-c2nc3ccc(-c4ccc5nc(-c6ccccc6)c(-c6ccccc6)nc5c4)cc3nc2-c2ccc(C)cc2)cc1.FC(F)(F)c1cccc(-c2nc3ccc(-c4ccc5nc(-c6ccccc6)c(-c6ccccc6)nc5c4)cc3nc2-c2cccc(C(F)(F)F)c2)c1.[C-]#[N+]c1ccc(-c2nc3ccc(-c4ccc5nc(-c6ccccc6)c(-c6ccccc6)nc5c4)cc3nc2-c2ccc([N+]#[C-])cc2)cc1. The molecule has 24 aromatic rings. The number of halogens is 6. The highest BCUT2D eigenvalue weighted by atomic mass is 19.4. The van der Waals surface area contributed by atoms with Gasteiger partial charge in [-0.25, -0.2) is 69.5 Å². The summed E-state index contributed by atoms with van der Waals surface area (Å²) in [6, 6.07) is 137. The molecule has 0 N–H and O–H groups in total. The van der Waals surface area contributed by atoms with Gasteiger partial charge in [-0.1, -0.05) is 351 Å².